The van der Waals surface area contributed by atoms with E-state index in [1.54, 1.807) is 0 Å². The predicted octanol–water partition coefficient (Wildman–Crippen LogP) is 2.94. The Labute approximate surface area is 131 Å². The SMILES string of the molecule is CCn1cc(CNC(=S)NC(C)c2ccccc2)c(C)n1. The largest absolute Gasteiger partial charge is 0.359 e. The Hall–Kier alpha value is -1.88. The van der Waals surface area contributed by atoms with Crippen LogP contribution in [0.25, 0.3) is 0 Å². The van der Waals surface area contributed by atoms with E-state index in [2.05, 4.69) is 47.9 Å². The number of hydrogen-bond donors (Lipinski definition) is 2. The van der Waals surface area contributed by atoms with Crippen LogP contribution < -0.4 is 10.6 Å². The first-order valence-electron chi connectivity index (χ1n) is 7.22. The summed E-state index contributed by atoms with van der Waals surface area (Å²) in [5.74, 6) is 0. The third kappa shape index (κ3) is 4.29. The zero-order valence-corrected chi connectivity index (χ0v) is 13.6. The summed E-state index contributed by atoms with van der Waals surface area (Å²) in [5, 5.41) is 11.6. The van der Waals surface area contributed by atoms with Crippen LogP contribution in [0.5, 0.6) is 0 Å². The average Bonchev–Trinajstić information content (AvgIpc) is 2.86. The van der Waals surface area contributed by atoms with E-state index in [9.17, 15) is 0 Å². The highest BCUT2D eigenvalue weighted by Gasteiger charge is 2.08. The van der Waals surface area contributed by atoms with Crippen molar-refractivity contribution in [3.05, 3.63) is 53.3 Å². The van der Waals surface area contributed by atoms with Crippen molar-refractivity contribution >= 4 is 17.3 Å². The number of nitrogens with zero attached hydrogens (tertiary/aromatic N) is 2. The molecule has 112 valence electrons. The Kier molecular flexibility index (Phi) is 5.33. The van der Waals surface area contributed by atoms with Gasteiger partial charge in [0.1, 0.15) is 0 Å². The molecule has 0 radical (unpaired) electrons. The highest BCUT2D eigenvalue weighted by molar-refractivity contribution is 7.80. The Morgan fingerprint density at radius 3 is 2.67 bits per heavy atom. The van der Waals surface area contributed by atoms with Gasteiger partial charge in [0.25, 0.3) is 0 Å². The van der Waals surface area contributed by atoms with Crippen LogP contribution in [0.3, 0.4) is 0 Å². The Morgan fingerprint density at radius 2 is 2.05 bits per heavy atom. The third-order valence-corrected chi connectivity index (χ3v) is 3.72. The summed E-state index contributed by atoms with van der Waals surface area (Å²) in [7, 11) is 0. The molecule has 0 aliphatic heterocycles. The first-order valence-corrected chi connectivity index (χ1v) is 7.63. The lowest BCUT2D eigenvalue weighted by atomic mass is 10.1. The lowest BCUT2D eigenvalue weighted by Gasteiger charge is -2.17. The van der Waals surface area contributed by atoms with Gasteiger partial charge in [0.2, 0.25) is 0 Å². The standard InChI is InChI=1S/C16H22N4S/c1-4-20-11-15(13(3)19-20)10-17-16(21)18-12(2)14-8-6-5-7-9-14/h5-9,11-12H,4,10H2,1-3H3,(H2,17,18,21). The molecule has 1 aromatic heterocycles. The first-order chi connectivity index (χ1) is 10.1. The second-order valence-corrected chi connectivity index (χ2v) is 5.46. The number of aryl methyl sites for hydroxylation is 2. The van der Waals surface area contributed by atoms with Gasteiger partial charge in [-0.25, -0.2) is 0 Å². The molecule has 0 aliphatic carbocycles. The molecule has 0 amide bonds. The van der Waals surface area contributed by atoms with Gasteiger partial charge in [-0.05, 0) is 38.6 Å². The maximum Gasteiger partial charge on any atom is 0.167 e. The summed E-state index contributed by atoms with van der Waals surface area (Å²) in [6.07, 6.45) is 2.06. The summed E-state index contributed by atoms with van der Waals surface area (Å²) in [5.41, 5.74) is 3.44. The Morgan fingerprint density at radius 1 is 1.33 bits per heavy atom. The van der Waals surface area contributed by atoms with Crippen LogP contribution in [-0.4, -0.2) is 14.9 Å². The molecule has 2 rings (SSSR count). The topological polar surface area (TPSA) is 41.9 Å². The minimum absolute atomic E-state index is 0.186. The number of rotatable bonds is 5. The second kappa shape index (κ2) is 7.22. The predicted molar refractivity (Wildman–Crippen MR) is 90.1 cm³/mol. The van der Waals surface area contributed by atoms with Crippen molar-refractivity contribution in [3.63, 3.8) is 0 Å². The molecule has 1 aromatic carbocycles. The molecule has 4 nitrogen and oxygen atoms in total. The summed E-state index contributed by atoms with van der Waals surface area (Å²) in [6, 6.07) is 10.5. The number of thiocarbonyl (C=S) groups is 1. The van der Waals surface area contributed by atoms with E-state index in [-0.39, 0.29) is 6.04 Å². The second-order valence-electron chi connectivity index (χ2n) is 5.05. The van der Waals surface area contributed by atoms with Gasteiger partial charge in [-0.3, -0.25) is 4.68 Å². The monoisotopic (exact) mass is 302 g/mol. The quantitative estimate of drug-likeness (QED) is 0.833. The lowest BCUT2D eigenvalue weighted by molar-refractivity contribution is 0.653. The van der Waals surface area contributed by atoms with E-state index in [0.717, 1.165) is 12.2 Å². The van der Waals surface area contributed by atoms with Crippen LogP contribution in [-0.2, 0) is 13.1 Å². The molecule has 2 aromatic rings. The van der Waals surface area contributed by atoms with Crippen molar-refractivity contribution < 1.29 is 0 Å². The van der Waals surface area contributed by atoms with Crippen LogP contribution in [0.15, 0.2) is 36.5 Å². The number of aromatic nitrogens is 2. The maximum absolute atomic E-state index is 5.36. The highest BCUT2D eigenvalue weighted by atomic mass is 32.1. The van der Waals surface area contributed by atoms with Gasteiger partial charge >= 0.3 is 0 Å². The molecule has 1 atom stereocenters. The normalized spacial score (nSPS) is 12.0. The zero-order chi connectivity index (χ0) is 15.2. The minimum atomic E-state index is 0.186. The third-order valence-electron chi connectivity index (χ3n) is 3.46. The fraction of sp³-hybridized carbons (Fsp3) is 0.375. The fourth-order valence-electron chi connectivity index (χ4n) is 2.14. The van der Waals surface area contributed by atoms with E-state index in [1.165, 1.54) is 11.1 Å². The van der Waals surface area contributed by atoms with Gasteiger partial charge in [-0.15, -0.1) is 0 Å². The molecule has 0 fully saturated rings. The highest BCUT2D eigenvalue weighted by Crippen LogP contribution is 2.11. The van der Waals surface area contributed by atoms with Crippen molar-refractivity contribution in [3.8, 4) is 0 Å². The molecule has 0 spiro atoms. The van der Waals surface area contributed by atoms with E-state index in [1.807, 2.05) is 29.8 Å². The van der Waals surface area contributed by atoms with Gasteiger partial charge in [0.15, 0.2) is 5.11 Å². The van der Waals surface area contributed by atoms with Crippen LogP contribution in [0.1, 0.15) is 36.7 Å². The van der Waals surface area contributed by atoms with Gasteiger partial charge < -0.3 is 10.6 Å². The zero-order valence-electron chi connectivity index (χ0n) is 12.8. The van der Waals surface area contributed by atoms with Crippen LogP contribution in [0, 0.1) is 6.92 Å². The fourth-order valence-corrected chi connectivity index (χ4v) is 2.39. The molecule has 0 aliphatic rings. The van der Waals surface area contributed by atoms with Gasteiger partial charge in [-0.1, -0.05) is 30.3 Å². The molecule has 5 heteroatoms. The van der Waals surface area contributed by atoms with Crippen LogP contribution >= 0.6 is 12.2 Å². The Balaban J connectivity index is 1.86. The molecule has 0 saturated carbocycles. The summed E-state index contributed by atoms with van der Waals surface area (Å²) in [4.78, 5) is 0. The molecule has 0 saturated heterocycles. The van der Waals surface area contributed by atoms with E-state index in [4.69, 9.17) is 12.2 Å². The summed E-state index contributed by atoms with van der Waals surface area (Å²) >= 11 is 5.36. The Bertz CT molecular complexity index is 592. The molecule has 2 N–H and O–H groups in total. The molecule has 1 unspecified atom stereocenters. The number of benzene rings is 1. The molecule has 21 heavy (non-hydrogen) atoms. The van der Waals surface area contributed by atoms with Gasteiger partial charge in [-0.2, -0.15) is 5.10 Å². The van der Waals surface area contributed by atoms with E-state index < -0.39 is 0 Å². The van der Waals surface area contributed by atoms with Gasteiger partial charge in [0.05, 0.1) is 11.7 Å². The summed E-state index contributed by atoms with van der Waals surface area (Å²) < 4.78 is 1.94. The average molecular weight is 302 g/mol. The molecular formula is C16H22N4S. The summed E-state index contributed by atoms with van der Waals surface area (Å²) in [6.45, 7) is 7.78. The number of hydrogen-bond acceptors (Lipinski definition) is 2. The van der Waals surface area contributed by atoms with Crippen molar-refractivity contribution in [1.29, 1.82) is 0 Å². The van der Waals surface area contributed by atoms with Crippen LogP contribution in [0.2, 0.25) is 0 Å². The number of nitrogens with one attached hydrogen (secondary N) is 2. The van der Waals surface area contributed by atoms with Crippen molar-refractivity contribution in [2.24, 2.45) is 0 Å². The lowest BCUT2D eigenvalue weighted by Crippen LogP contribution is -2.36. The smallest absolute Gasteiger partial charge is 0.167 e. The minimum Gasteiger partial charge on any atom is -0.359 e. The van der Waals surface area contributed by atoms with Crippen LogP contribution in [0.4, 0.5) is 0 Å². The van der Waals surface area contributed by atoms with Crippen molar-refractivity contribution in [2.45, 2.75) is 39.9 Å². The molecular weight excluding hydrogens is 280 g/mol. The van der Waals surface area contributed by atoms with E-state index in [0.29, 0.717) is 11.7 Å². The van der Waals surface area contributed by atoms with Crippen molar-refractivity contribution in [1.82, 2.24) is 20.4 Å². The van der Waals surface area contributed by atoms with Crippen molar-refractivity contribution in [2.75, 3.05) is 0 Å². The molecule has 0 bridgehead atoms. The van der Waals surface area contributed by atoms with Gasteiger partial charge in [0, 0.05) is 24.8 Å². The first kappa shape index (κ1) is 15.5. The maximum atomic E-state index is 5.36. The molecule has 1 heterocycles. The van der Waals surface area contributed by atoms with E-state index >= 15 is 0 Å².